The second kappa shape index (κ2) is 6.35. The Hall–Kier alpha value is -2.43. The summed E-state index contributed by atoms with van der Waals surface area (Å²) < 4.78 is 0. The molecule has 2 N–H and O–H groups in total. The summed E-state index contributed by atoms with van der Waals surface area (Å²) in [5.41, 5.74) is 0.252. The summed E-state index contributed by atoms with van der Waals surface area (Å²) in [6.07, 6.45) is 2.22. The number of nitrogens with one attached hydrogen (secondary N) is 1. The van der Waals surface area contributed by atoms with Crippen LogP contribution in [0.1, 0.15) is 30.8 Å². The molecule has 0 spiro atoms. The van der Waals surface area contributed by atoms with E-state index >= 15 is 0 Å². The van der Waals surface area contributed by atoms with Gasteiger partial charge in [-0.15, -0.1) is 0 Å². The molecule has 2 unspecified atom stereocenters. The zero-order valence-electron chi connectivity index (χ0n) is 12.0. The van der Waals surface area contributed by atoms with Crippen molar-refractivity contribution in [3.05, 3.63) is 42.2 Å². The Morgan fingerprint density at radius 2 is 2.00 bits per heavy atom. The Kier molecular flexibility index (Phi) is 4.52. The van der Waals surface area contributed by atoms with E-state index in [9.17, 15) is 14.7 Å². The average Bonchev–Trinajstić information content (AvgIpc) is 2.50. The first-order valence-electron chi connectivity index (χ1n) is 6.92. The van der Waals surface area contributed by atoms with Crippen molar-refractivity contribution in [2.24, 2.45) is 5.92 Å². The number of aromatic nitrogens is 1. The van der Waals surface area contributed by atoms with Crippen LogP contribution in [0.5, 0.6) is 0 Å². The predicted molar refractivity (Wildman–Crippen MR) is 80.1 cm³/mol. The van der Waals surface area contributed by atoms with Gasteiger partial charge in [0.15, 0.2) is 0 Å². The molecule has 0 aliphatic carbocycles. The molecule has 0 radical (unpaired) electrons. The zero-order chi connectivity index (χ0) is 15.4. The SMILES string of the molecule is CCC(C)C(NC(=O)c1nccc2ccccc12)C(=O)O. The molecule has 0 aliphatic heterocycles. The number of carboxylic acid groups (broad SMARTS) is 1. The van der Waals surface area contributed by atoms with E-state index in [0.717, 1.165) is 5.39 Å². The third-order valence-corrected chi connectivity index (χ3v) is 3.65. The average molecular weight is 286 g/mol. The lowest BCUT2D eigenvalue weighted by molar-refractivity contribution is -0.140. The lowest BCUT2D eigenvalue weighted by Gasteiger charge is -2.20. The first-order chi connectivity index (χ1) is 10.0. The van der Waals surface area contributed by atoms with Crippen molar-refractivity contribution in [3.8, 4) is 0 Å². The van der Waals surface area contributed by atoms with E-state index in [1.54, 1.807) is 19.2 Å². The standard InChI is InChI=1S/C16H18N2O3/c1-3-10(2)13(16(20)21)18-15(19)14-12-7-5-4-6-11(12)8-9-17-14/h4-10,13H,3H2,1-2H3,(H,18,19)(H,20,21). The quantitative estimate of drug-likeness (QED) is 0.885. The van der Waals surface area contributed by atoms with Gasteiger partial charge < -0.3 is 10.4 Å². The van der Waals surface area contributed by atoms with Crippen molar-refractivity contribution in [2.45, 2.75) is 26.3 Å². The van der Waals surface area contributed by atoms with Crippen LogP contribution < -0.4 is 5.32 Å². The molecule has 2 atom stereocenters. The van der Waals surface area contributed by atoms with Crippen LogP contribution in [-0.4, -0.2) is 28.0 Å². The van der Waals surface area contributed by atoms with Gasteiger partial charge in [-0.05, 0) is 17.4 Å². The zero-order valence-corrected chi connectivity index (χ0v) is 12.0. The monoisotopic (exact) mass is 286 g/mol. The summed E-state index contributed by atoms with van der Waals surface area (Å²) in [4.78, 5) is 27.8. The Bertz CT molecular complexity index is 664. The maximum atomic E-state index is 12.4. The third kappa shape index (κ3) is 3.18. The van der Waals surface area contributed by atoms with Crippen molar-refractivity contribution < 1.29 is 14.7 Å². The van der Waals surface area contributed by atoms with Crippen molar-refractivity contribution >= 4 is 22.6 Å². The van der Waals surface area contributed by atoms with E-state index in [0.29, 0.717) is 11.8 Å². The number of hydrogen-bond donors (Lipinski definition) is 2. The van der Waals surface area contributed by atoms with Crippen molar-refractivity contribution in [1.82, 2.24) is 10.3 Å². The summed E-state index contributed by atoms with van der Waals surface area (Å²) in [5.74, 6) is -1.64. The number of amides is 1. The number of nitrogens with zero attached hydrogens (tertiary/aromatic N) is 1. The fourth-order valence-corrected chi connectivity index (χ4v) is 2.19. The molecule has 2 aromatic rings. The third-order valence-electron chi connectivity index (χ3n) is 3.65. The Morgan fingerprint density at radius 1 is 1.29 bits per heavy atom. The summed E-state index contributed by atoms with van der Waals surface area (Å²) in [6.45, 7) is 3.69. The molecule has 5 nitrogen and oxygen atoms in total. The second-order valence-electron chi connectivity index (χ2n) is 5.06. The van der Waals surface area contributed by atoms with Crippen LogP contribution in [0.4, 0.5) is 0 Å². The highest BCUT2D eigenvalue weighted by molar-refractivity contribution is 6.06. The van der Waals surface area contributed by atoms with Gasteiger partial charge in [-0.2, -0.15) is 0 Å². The summed E-state index contributed by atoms with van der Waals surface area (Å²) >= 11 is 0. The Morgan fingerprint density at radius 3 is 2.67 bits per heavy atom. The topological polar surface area (TPSA) is 79.3 Å². The molecule has 1 amide bonds. The Labute approximate surface area is 123 Å². The van der Waals surface area contributed by atoms with Gasteiger partial charge in [-0.1, -0.05) is 44.5 Å². The summed E-state index contributed by atoms with van der Waals surface area (Å²) in [7, 11) is 0. The Balaban J connectivity index is 2.32. The van der Waals surface area contributed by atoms with E-state index in [4.69, 9.17) is 0 Å². The van der Waals surface area contributed by atoms with Gasteiger partial charge in [-0.3, -0.25) is 9.78 Å². The van der Waals surface area contributed by atoms with E-state index in [2.05, 4.69) is 10.3 Å². The number of fused-ring (bicyclic) bond motifs is 1. The minimum absolute atomic E-state index is 0.151. The number of carbonyl (C=O) groups excluding carboxylic acids is 1. The van der Waals surface area contributed by atoms with Crippen LogP contribution in [0.25, 0.3) is 10.8 Å². The molecule has 0 saturated carbocycles. The molecule has 1 heterocycles. The van der Waals surface area contributed by atoms with Gasteiger partial charge in [-0.25, -0.2) is 4.79 Å². The molecule has 0 bridgehead atoms. The molecular formula is C16H18N2O3. The second-order valence-corrected chi connectivity index (χ2v) is 5.06. The van der Waals surface area contributed by atoms with Gasteiger partial charge in [0.1, 0.15) is 11.7 Å². The van der Waals surface area contributed by atoms with Gasteiger partial charge in [0.25, 0.3) is 5.91 Å². The summed E-state index contributed by atoms with van der Waals surface area (Å²) in [5, 5.41) is 13.4. The first kappa shape index (κ1) is 15.0. The minimum atomic E-state index is -1.03. The van der Waals surface area contributed by atoms with Crippen LogP contribution in [0.15, 0.2) is 36.5 Å². The van der Waals surface area contributed by atoms with E-state index < -0.39 is 17.9 Å². The number of aliphatic carboxylic acids is 1. The molecule has 0 fully saturated rings. The van der Waals surface area contributed by atoms with Crippen molar-refractivity contribution in [1.29, 1.82) is 0 Å². The fourth-order valence-electron chi connectivity index (χ4n) is 2.19. The first-order valence-corrected chi connectivity index (χ1v) is 6.92. The lowest BCUT2D eigenvalue weighted by Crippen LogP contribution is -2.45. The van der Waals surface area contributed by atoms with E-state index in [1.165, 1.54) is 0 Å². The maximum Gasteiger partial charge on any atom is 0.326 e. The molecule has 5 heteroatoms. The van der Waals surface area contributed by atoms with Gasteiger partial charge in [0, 0.05) is 11.6 Å². The highest BCUT2D eigenvalue weighted by atomic mass is 16.4. The maximum absolute atomic E-state index is 12.4. The molecule has 0 saturated heterocycles. The van der Waals surface area contributed by atoms with Crippen molar-refractivity contribution in [3.63, 3.8) is 0 Å². The number of carboxylic acids is 1. The molecule has 1 aromatic carbocycles. The van der Waals surface area contributed by atoms with Crippen LogP contribution in [-0.2, 0) is 4.79 Å². The lowest BCUT2D eigenvalue weighted by atomic mass is 9.99. The van der Waals surface area contributed by atoms with Gasteiger partial charge >= 0.3 is 5.97 Å². The predicted octanol–water partition coefficient (Wildman–Crippen LogP) is 2.46. The molecule has 0 aliphatic rings. The van der Waals surface area contributed by atoms with Gasteiger partial charge in [0.2, 0.25) is 0 Å². The van der Waals surface area contributed by atoms with Crippen LogP contribution in [0.3, 0.4) is 0 Å². The molecule has 110 valence electrons. The molecule has 1 aromatic heterocycles. The highest BCUT2D eigenvalue weighted by Crippen LogP contribution is 2.17. The molecule has 21 heavy (non-hydrogen) atoms. The number of pyridine rings is 1. The number of benzene rings is 1. The smallest absolute Gasteiger partial charge is 0.326 e. The largest absolute Gasteiger partial charge is 0.480 e. The van der Waals surface area contributed by atoms with E-state index in [1.807, 2.05) is 31.2 Å². The minimum Gasteiger partial charge on any atom is -0.480 e. The van der Waals surface area contributed by atoms with Crippen LogP contribution in [0, 0.1) is 5.92 Å². The van der Waals surface area contributed by atoms with Crippen molar-refractivity contribution in [2.75, 3.05) is 0 Å². The van der Waals surface area contributed by atoms with Crippen LogP contribution >= 0.6 is 0 Å². The summed E-state index contributed by atoms with van der Waals surface area (Å²) in [6, 6.07) is 8.29. The fraction of sp³-hybridized carbons (Fsp3) is 0.312. The normalized spacial score (nSPS) is 13.6. The number of carbonyl (C=O) groups is 2. The highest BCUT2D eigenvalue weighted by Gasteiger charge is 2.26. The van der Waals surface area contributed by atoms with Gasteiger partial charge in [0.05, 0.1) is 0 Å². The molecule has 2 rings (SSSR count). The van der Waals surface area contributed by atoms with E-state index in [-0.39, 0.29) is 11.6 Å². The van der Waals surface area contributed by atoms with Crippen LogP contribution in [0.2, 0.25) is 0 Å². The molecular weight excluding hydrogens is 268 g/mol. The number of rotatable bonds is 5. The number of hydrogen-bond acceptors (Lipinski definition) is 3.